The fraction of sp³-hybridized carbons (Fsp3) is 0.846. The van der Waals surface area contributed by atoms with Gasteiger partial charge in [-0.1, -0.05) is 59.6 Å². The van der Waals surface area contributed by atoms with Crippen LogP contribution in [0.15, 0.2) is 12.2 Å². The quantitative estimate of drug-likeness (QED) is 0.644. The number of hydrogen-bond acceptors (Lipinski definition) is 1. The summed E-state index contributed by atoms with van der Waals surface area (Å²) in [5.74, 6) is 0.520. The molecule has 0 aliphatic carbocycles. The van der Waals surface area contributed by atoms with Crippen LogP contribution in [0.25, 0.3) is 0 Å². The first-order valence-corrected chi connectivity index (χ1v) is 5.76. The van der Waals surface area contributed by atoms with Crippen LogP contribution in [0.2, 0.25) is 0 Å². The smallest absolute Gasteiger partial charge is 0.0771 e. The van der Waals surface area contributed by atoms with Crippen molar-refractivity contribution in [2.24, 2.45) is 11.3 Å². The van der Waals surface area contributed by atoms with Gasteiger partial charge in [-0.05, 0) is 17.8 Å². The molecule has 0 spiro atoms. The summed E-state index contributed by atoms with van der Waals surface area (Å²) in [5, 5.41) is 9.97. The highest BCUT2D eigenvalue weighted by Crippen LogP contribution is 2.28. The van der Waals surface area contributed by atoms with Crippen LogP contribution in [0.3, 0.4) is 0 Å². The lowest BCUT2D eigenvalue weighted by atomic mass is 9.81. The van der Waals surface area contributed by atoms with E-state index in [2.05, 4.69) is 40.7 Å². The van der Waals surface area contributed by atoms with Gasteiger partial charge in [0.2, 0.25) is 0 Å². The topological polar surface area (TPSA) is 20.2 Å². The van der Waals surface area contributed by atoms with Crippen LogP contribution in [-0.2, 0) is 0 Å². The summed E-state index contributed by atoms with van der Waals surface area (Å²) in [6.45, 7) is 10.7. The Kier molecular flexibility index (Phi) is 6.10. The van der Waals surface area contributed by atoms with Crippen LogP contribution in [0.5, 0.6) is 0 Å². The Hall–Kier alpha value is -0.300. The zero-order valence-corrected chi connectivity index (χ0v) is 10.4. The number of aliphatic hydroxyl groups is 1. The lowest BCUT2D eigenvalue weighted by Gasteiger charge is -2.28. The molecule has 1 nitrogen and oxygen atoms in total. The monoisotopic (exact) mass is 198 g/mol. The van der Waals surface area contributed by atoms with Crippen LogP contribution in [0.4, 0.5) is 0 Å². The van der Waals surface area contributed by atoms with Crippen molar-refractivity contribution in [2.45, 2.75) is 60.0 Å². The molecular weight excluding hydrogens is 172 g/mol. The Balaban J connectivity index is 4.12. The number of aliphatic hydroxyl groups excluding tert-OH is 1. The van der Waals surface area contributed by atoms with Gasteiger partial charge in [-0.25, -0.2) is 0 Å². The van der Waals surface area contributed by atoms with E-state index in [4.69, 9.17) is 0 Å². The molecule has 0 rings (SSSR count). The third-order valence-electron chi connectivity index (χ3n) is 2.65. The highest BCUT2D eigenvalue weighted by molar-refractivity contribution is 4.97. The van der Waals surface area contributed by atoms with Crippen LogP contribution in [0.1, 0.15) is 53.9 Å². The number of allylic oxidation sites excluding steroid dienone is 1. The summed E-state index contributed by atoms with van der Waals surface area (Å²) in [6.07, 6.45) is 7.20. The van der Waals surface area contributed by atoms with Crippen molar-refractivity contribution in [1.82, 2.24) is 0 Å². The fourth-order valence-electron chi connectivity index (χ4n) is 1.37. The molecule has 0 aromatic heterocycles. The molecule has 0 aliphatic heterocycles. The van der Waals surface area contributed by atoms with Gasteiger partial charge >= 0.3 is 0 Å². The van der Waals surface area contributed by atoms with Gasteiger partial charge in [-0.15, -0.1) is 0 Å². The molecule has 0 saturated heterocycles. The normalized spacial score (nSPS) is 15.4. The van der Waals surface area contributed by atoms with Gasteiger partial charge in [0.1, 0.15) is 0 Å². The Bertz CT molecular complexity index is 168. The first-order chi connectivity index (χ1) is 6.40. The largest absolute Gasteiger partial charge is 0.388 e. The van der Waals surface area contributed by atoms with Crippen molar-refractivity contribution in [3.05, 3.63) is 12.2 Å². The first-order valence-electron chi connectivity index (χ1n) is 5.76. The predicted molar refractivity (Wildman–Crippen MR) is 63.3 cm³/mol. The van der Waals surface area contributed by atoms with Crippen molar-refractivity contribution >= 4 is 0 Å². The molecule has 0 saturated carbocycles. The molecule has 0 fully saturated rings. The van der Waals surface area contributed by atoms with E-state index in [9.17, 15) is 5.11 Å². The molecular formula is C13H26O. The minimum absolute atomic E-state index is 0.0153. The van der Waals surface area contributed by atoms with Gasteiger partial charge in [-0.3, -0.25) is 0 Å². The molecule has 0 aromatic rings. The molecule has 1 unspecified atom stereocenters. The molecule has 84 valence electrons. The van der Waals surface area contributed by atoms with E-state index in [-0.39, 0.29) is 11.5 Å². The summed E-state index contributed by atoms with van der Waals surface area (Å²) < 4.78 is 0. The van der Waals surface area contributed by atoms with Crippen molar-refractivity contribution < 1.29 is 5.11 Å². The van der Waals surface area contributed by atoms with Gasteiger partial charge in [0, 0.05) is 0 Å². The predicted octanol–water partition coefficient (Wildman–Crippen LogP) is 3.78. The van der Waals surface area contributed by atoms with E-state index in [1.54, 1.807) is 0 Å². The summed E-state index contributed by atoms with van der Waals surface area (Å²) in [5.41, 5.74) is 0.0153. The van der Waals surface area contributed by atoms with Crippen molar-refractivity contribution in [1.29, 1.82) is 0 Å². The van der Waals surface area contributed by atoms with E-state index >= 15 is 0 Å². The zero-order valence-electron chi connectivity index (χ0n) is 10.4. The molecule has 1 heteroatoms. The molecule has 0 heterocycles. The average molecular weight is 198 g/mol. The standard InChI is InChI=1S/C13H26O/c1-6-7-10-13(4,5)12(14)9-8-11(2)3/h8-9,11-12,14H,6-7,10H2,1-5H3/b9-8+. The van der Waals surface area contributed by atoms with Crippen LogP contribution in [0, 0.1) is 11.3 Å². The Labute approximate surface area is 89.2 Å². The second-order valence-corrected chi connectivity index (χ2v) is 5.17. The molecule has 1 atom stereocenters. The van der Waals surface area contributed by atoms with Crippen LogP contribution >= 0.6 is 0 Å². The van der Waals surface area contributed by atoms with Gasteiger partial charge in [0.05, 0.1) is 6.10 Å². The minimum atomic E-state index is -0.309. The van der Waals surface area contributed by atoms with Crippen LogP contribution < -0.4 is 0 Å². The second-order valence-electron chi connectivity index (χ2n) is 5.17. The average Bonchev–Trinajstić information content (AvgIpc) is 2.10. The van der Waals surface area contributed by atoms with E-state index < -0.39 is 0 Å². The molecule has 0 bridgehead atoms. The Morgan fingerprint density at radius 3 is 2.21 bits per heavy atom. The van der Waals surface area contributed by atoms with Gasteiger partial charge < -0.3 is 5.11 Å². The second kappa shape index (κ2) is 6.23. The molecule has 0 aromatic carbocycles. The highest BCUT2D eigenvalue weighted by atomic mass is 16.3. The maximum absolute atomic E-state index is 9.97. The first kappa shape index (κ1) is 13.7. The third kappa shape index (κ3) is 5.43. The molecule has 1 N–H and O–H groups in total. The summed E-state index contributed by atoms with van der Waals surface area (Å²) in [7, 11) is 0. The van der Waals surface area contributed by atoms with Crippen LogP contribution in [-0.4, -0.2) is 11.2 Å². The van der Waals surface area contributed by atoms with Gasteiger partial charge in [-0.2, -0.15) is 0 Å². The van der Waals surface area contributed by atoms with E-state index in [0.717, 1.165) is 6.42 Å². The van der Waals surface area contributed by atoms with Gasteiger partial charge in [0.15, 0.2) is 0 Å². The SMILES string of the molecule is CCCCC(C)(C)C(O)/C=C/C(C)C. The van der Waals surface area contributed by atoms with Crippen molar-refractivity contribution in [3.8, 4) is 0 Å². The fourth-order valence-corrected chi connectivity index (χ4v) is 1.37. The van der Waals surface area contributed by atoms with Crippen molar-refractivity contribution in [2.75, 3.05) is 0 Å². The zero-order chi connectivity index (χ0) is 11.2. The molecule has 0 radical (unpaired) electrons. The Morgan fingerprint density at radius 1 is 1.21 bits per heavy atom. The lowest BCUT2D eigenvalue weighted by molar-refractivity contribution is 0.0812. The maximum Gasteiger partial charge on any atom is 0.0771 e. The number of hydrogen-bond donors (Lipinski definition) is 1. The van der Waals surface area contributed by atoms with E-state index in [0.29, 0.717) is 5.92 Å². The maximum atomic E-state index is 9.97. The van der Waals surface area contributed by atoms with Crippen molar-refractivity contribution in [3.63, 3.8) is 0 Å². The summed E-state index contributed by atoms with van der Waals surface area (Å²) in [6, 6.07) is 0. The van der Waals surface area contributed by atoms with E-state index in [1.165, 1.54) is 12.8 Å². The molecule has 14 heavy (non-hydrogen) atoms. The van der Waals surface area contributed by atoms with Gasteiger partial charge in [0.25, 0.3) is 0 Å². The highest BCUT2D eigenvalue weighted by Gasteiger charge is 2.24. The minimum Gasteiger partial charge on any atom is -0.388 e. The number of unbranched alkanes of at least 4 members (excludes halogenated alkanes) is 1. The summed E-state index contributed by atoms with van der Waals surface area (Å²) >= 11 is 0. The molecule has 0 amide bonds. The van der Waals surface area contributed by atoms with E-state index in [1.807, 2.05) is 6.08 Å². The Morgan fingerprint density at radius 2 is 1.79 bits per heavy atom. The lowest BCUT2D eigenvalue weighted by Crippen LogP contribution is -2.27. The summed E-state index contributed by atoms with van der Waals surface area (Å²) in [4.78, 5) is 0. The number of rotatable bonds is 6. The molecule has 0 aliphatic rings. The third-order valence-corrected chi connectivity index (χ3v) is 2.65.